The van der Waals surface area contributed by atoms with E-state index in [1.165, 1.54) is 51.4 Å². The van der Waals surface area contributed by atoms with E-state index in [0.29, 0.717) is 19.3 Å². The second-order valence-corrected chi connectivity index (χ2v) is 14.5. The Kier molecular flexibility index (Phi) is 32.0. The first-order chi connectivity index (χ1) is 24.1. The Morgan fingerprint density at radius 1 is 0.600 bits per heavy atom. The van der Waals surface area contributed by atoms with Crippen molar-refractivity contribution in [1.29, 1.82) is 0 Å². The summed E-state index contributed by atoms with van der Waals surface area (Å²) in [4.78, 5) is 36.8. The lowest BCUT2D eigenvalue weighted by Gasteiger charge is -2.31. The molecule has 0 bridgehead atoms. The zero-order valence-corrected chi connectivity index (χ0v) is 32.8. The van der Waals surface area contributed by atoms with E-state index in [-0.39, 0.29) is 36.2 Å². The van der Waals surface area contributed by atoms with E-state index in [4.69, 9.17) is 14.2 Å². The molecular formula is C42H76NO7+. The molecule has 50 heavy (non-hydrogen) atoms. The number of ether oxygens (including phenoxy) is 3. The fraction of sp³-hybridized carbons (Fsp3) is 0.786. The highest BCUT2D eigenvalue weighted by Gasteiger charge is 2.31. The quantitative estimate of drug-likeness (QED) is 0.0303. The molecule has 0 aromatic heterocycles. The summed E-state index contributed by atoms with van der Waals surface area (Å²) >= 11 is 0. The number of allylic oxidation sites excluding steroid dienone is 6. The van der Waals surface area contributed by atoms with Crippen LogP contribution in [-0.4, -0.2) is 80.6 Å². The maximum atomic E-state index is 12.7. The summed E-state index contributed by atoms with van der Waals surface area (Å²) in [5.74, 6) is -1.50. The number of carbonyl (C=O) groups is 3. The lowest BCUT2D eigenvalue weighted by Crippen LogP contribution is -2.50. The molecule has 0 saturated carbocycles. The fourth-order valence-corrected chi connectivity index (χ4v) is 5.57. The van der Waals surface area contributed by atoms with Gasteiger partial charge >= 0.3 is 17.9 Å². The molecule has 0 saturated heterocycles. The molecule has 0 rings (SSSR count). The van der Waals surface area contributed by atoms with Crippen molar-refractivity contribution in [2.45, 2.75) is 174 Å². The van der Waals surface area contributed by atoms with Gasteiger partial charge < -0.3 is 23.8 Å². The summed E-state index contributed by atoms with van der Waals surface area (Å²) in [6.07, 6.45) is 36.1. The minimum Gasteiger partial charge on any atom is -0.477 e. The second kappa shape index (κ2) is 33.7. The highest BCUT2D eigenvalue weighted by molar-refractivity contribution is 5.72. The van der Waals surface area contributed by atoms with Crippen molar-refractivity contribution in [3.05, 3.63) is 36.5 Å². The molecule has 0 radical (unpaired) electrons. The molecule has 0 fully saturated rings. The number of unbranched alkanes of at least 4 members (excludes halogenated alkanes) is 15. The minimum absolute atomic E-state index is 0.0532. The van der Waals surface area contributed by atoms with Crippen LogP contribution < -0.4 is 0 Å². The van der Waals surface area contributed by atoms with Crippen molar-refractivity contribution in [2.75, 3.05) is 41.0 Å². The Labute approximate surface area is 306 Å². The van der Waals surface area contributed by atoms with Crippen molar-refractivity contribution < 1.29 is 38.2 Å². The molecule has 1 N–H and O–H groups in total. The van der Waals surface area contributed by atoms with E-state index in [2.05, 4.69) is 50.3 Å². The van der Waals surface area contributed by atoms with Gasteiger partial charge in [0.25, 0.3) is 0 Å². The first kappa shape index (κ1) is 47.5. The number of nitrogens with zero attached hydrogens (tertiary/aromatic N) is 1. The molecule has 0 aliphatic heterocycles. The molecule has 0 spiro atoms. The predicted octanol–water partition coefficient (Wildman–Crippen LogP) is 10.3. The molecule has 2 unspecified atom stereocenters. The molecule has 0 aromatic rings. The van der Waals surface area contributed by atoms with Gasteiger partial charge in [-0.15, -0.1) is 0 Å². The van der Waals surface area contributed by atoms with Gasteiger partial charge in [-0.2, -0.15) is 0 Å². The van der Waals surface area contributed by atoms with Gasteiger partial charge in [0.15, 0.2) is 12.1 Å². The molecular weight excluding hydrogens is 630 g/mol. The van der Waals surface area contributed by atoms with Gasteiger partial charge in [0.2, 0.25) is 0 Å². The number of likely N-dealkylation sites (N-methyl/N-ethyl adjacent to an activating group) is 1. The number of hydrogen-bond acceptors (Lipinski definition) is 6. The SMILES string of the molecule is CCCC/C=C\C/C=C\CCCCCCCC(=O)OC(COCCC(C(=O)O)[N+](C)(C)C)COC(=O)CCCCCCC/C=C\CCCCC. The van der Waals surface area contributed by atoms with Crippen molar-refractivity contribution in [1.82, 2.24) is 0 Å². The number of aliphatic carboxylic acids is 1. The van der Waals surface area contributed by atoms with E-state index in [9.17, 15) is 19.5 Å². The number of rotatable bonds is 35. The zero-order chi connectivity index (χ0) is 37.1. The van der Waals surface area contributed by atoms with E-state index in [1.807, 2.05) is 21.1 Å². The summed E-state index contributed by atoms with van der Waals surface area (Å²) < 4.78 is 17.2. The van der Waals surface area contributed by atoms with Crippen LogP contribution in [0.1, 0.15) is 162 Å². The summed E-state index contributed by atoms with van der Waals surface area (Å²) in [5.41, 5.74) is 0. The van der Waals surface area contributed by atoms with E-state index >= 15 is 0 Å². The predicted molar refractivity (Wildman–Crippen MR) is 206 cm³/mol. The summed E-state index contributed by atoms with van der Waals surface area (Å²) in [6, 6.07) is -0.616. The van der Waals surface area contributed by atoms with Crippen molar-refractivity contribution in [3.8, 4) is 0 Å². The maximum Gasteiger partial charge on any atom is 0.362 e. The van der Waals surface area contributed by atoms with Crippen LogP contribution in [0.4, 0.5) is 0 Å². The maximum absolute atomic E-state index is 12.7. The number of hydrogen-bond donors (Lipinski definition) is 1. The summed E-state index contributed by atoms with van der Waals surface area (Å²) in [6.45, 7) is 4.63. The Bertz CT molecular complexity index is 922. The van der Waals surface area contributed by atoms with Gasteiger partial charge in [-0.25, -0.2) is 4.79 Å². The number of carboxylic acid groups (broad SMARTS) is 1. The molecule has 0 amide bonds. The third-order valence-corrected chi connectivity index (χ3v) is 8.76. The standard InChI is InChI=1S/C42H75NO7/c1-6-8-10-12-14-16-18-20-21-23-25-27-29-31-33-41(45)50-38(36-48-35-34-39(42(46)47)43(3,4)5)37-49-40(44)32-30-28-26-24-22-19-17-15-13-11-9-7-2/h12,14-15,17-18,20,38-39H,6-11,13,16,19,21-37H2,1-5H3/p+1/b14-12-,17-15-,20-18-. The van der Waals surface area contributed by atoms with E-state index < -0.39 is 18.1 Å². The van der Waals surface area contributed by atoms with Crippen LogP contribution in [0.25, 0.3) is 0 Å². The molecule has 8 nitrogen and oxygen atoms in total. The van der Waals surface area contributed by atoms with Gasteiger partial charge in [-0.3, -0.25) is 9.59 Å². The minimum atomic E-state index is -0.880. The van der Waals surface area contributed by atoms with Crippen LogP contribution in [0.3, 0.4) is 0 Å². The molecule has 8 heteroatoms. The van der Waals surface area contributed by atoms with Gasteiger partial charge in [0, 0.05) is 19.3 Å². The summed E-state index contributed by atoms with van der Waals surface area (Å²) in [5, 5.41) is 9.59. The first-order valence-corrected chi connectivity index (χ1v) is 20.0. The van der Waals surface area contributed by atoms with Crippen molar-refractivity contribution >= 4 is 17.9 Å². The Morgan fingerprint density at radius 3 is 1.62 bits per heavy atom. The second-order valence-electron chi connectivity index (χ2n) is 14.5. The van der Waals surface area contributed by atoms with Gasteiger partial charge in [0.1, 0.15) is 6.61 Å². The van der Waals surface area contributed by atoms with Gasteiger partial charge in [0.05, 0.1) is 34.4 Å². The van der Waals surface area contributed by atoms with Crippen LogP contribution in [0.2, 0.25) is 0 Å². The van der Waals surface area contributed by atoms with E-state index in [1.54, 1.807) is 0 Å². The van der Waals surface area contributed by atoms with E-state index in [0.717, 1.165) is 77.0 Å². The normalized spacial score (nSPS) is 13.4. The number of quaternary nitrogens is 1. The third kappa shape index (κ3) is 31.5. The number of carboxylic acids is 1. The lowest BCUT2D eigenvalue weighted by atomic mass is 10.1. The third-order valence-electron chi connectivity index (χ3n) is 8.76. The Hall–Kier alpha value is -2.45. The number of carbonyl (C=O) groups excluding carboxylic acids is 2. The van der Waals surface area contributed by atoms with Crippen LogP contribution >= 0.6 is 0 Å². The fourth-order valence-electron chi connectivity index (χ4n) is 5.57. The van der Waals surface area contributed by atoms with Crippen LogP contribution in [-0.2, 0) is 28.6 Å². The average Bonchev–Trinajstić information content (AvgIpc) is 3.06. The van der Waals surface area contributed by atoms with Crippen molar-refractivity contribution in [3.63, 3.8) is 0 Å². The smallest absolute Gasteiger partial charge is 0.362 e. The number of esters is 2. The molecule has 0 aliphatic carbocycles. The highest BCUT2D eigenvalue weighted by atomic mass is 16.6. The molecule has 0 heterocycles. The van der Waals surface area contributed by atoms with Gasteiger partial charge in [-0.05, 0) is 64.2 Å². The lowest BCUT2D eigenvalue weighted by molar-refractivity contribution is -0.887. The van der Waals surface area contributed by atoms with Crippen LogP contribution in [0.5, 0.6) is 0 Å². The first-order valence-electron chi connectivity index (χ1n) is 20.0. The topological polar surface area (TPSA) is 99.1 Å². The molecule has 0 aliphatic rings. The van der Waals surface area contributed by atoms with Crippen molar-refractivity contribution in [2.24, 2.45) is 0 Å². The Balaban J connectivity index is 4.44. The van der Waals surface area contributed by atoms with Crippen LogP contribution in [0, 0.1) is 0 Å². The average molecular weight is 707 g/mol. The monoisotopic (exact) mass is 707 g/mol. The highest BCUT2D eigenvalue weighted by Crippen LogP contribution is 2.13. The van der Waals surface area contributed by atoms with Gasteiger partial charge in [-0.1, -0.05) is 115 Å². The van der Waals surface area contributed by atoms with Crippen LogP contribution in [0.15, 0.2) is 36.5 Å². The largest absolute Gasteiger partial charge is 0.477 e. The zero-order valence-electron chi connectivity index (χ0n) is 32.8. The summed E-state index contributed by atoms with van der Waals surface area (Å²) in [7, 11) is 5.51. The molecule has 0 aromatic carbocycles. The molecule has 2 atom stereocenters. The molecule has 290 valence electrons. The Morgan fingerprint density at radius 2 is 1.08 bits per heavy atom.